The summed E-state index contributed by atoms with van der Waals surface area (Å²) < 4.78 is 5.13. The first-order chi connectivity index (χ1) is 14.0. The van der Waals surface area contributed by atoms with E-state index in [1.165, 1.54) is 0 Å². The van der Waals surface area contributed by atoms with Crippen LogP contribution in [-0.4, -0.2) is 28.7 Å². The van der Waals surface area contributed by atoms with Crippen LogP contribution in [0.5, 0.6) is 5.75 Å². The van der Waals surface area contributed by atoms with Gasteiger partial charge in [0.05, 0.1) is 24.6 Å². The lowest BCUT2D eigenvalue weighted by Crippen LogP contribution is -2.28. The van der Waals surface area contributed by atoms with E-state index >= 15 is 0 Å². The molecule has 0 aliphatic carbocycles. The predicted molar refractivity (Wildman–Crippen MR) is 113 cm³/mol. The Morgan fingerprint density at radius 3 is 2.76 bits per heavy atom. The highest BCUT2D eigenvalue weighted by Gasteiger charge is 2.16. The summed E-state index contributed by atoms with van der Waals surface area (Å²) in [5.74, 6) is 0.573. The molecule has 2 heterocycles. The van der Waals surface area contributed by atoms with E-state index in [0.717, 1.165) is 16.6 Å². The molecule has 0 bridgehead atoms. The van der Waals surface area contributed by atoms with Crippen LogP contribution in [0.15, 0.2) is 51.7 Å². The number of methoxy groups -OCH3 is 1. The molecule has 0 aliphatic rings. The van der Waals surface area contributed by atoms with Crippen molar-refractivity contribution < 1.29 is 9.53 Å². The number of benzene rings is 1. The lowest BCUT2D eigenvalue weighted by atomic mass is 10.1. The van der Waals surface area contributed by atoms with E-state index in [-0.39, 0.29) is 34.1 Å². The van der Waals surface area contributed by atoms with Gasteiger partial charge in [-0.3, -0.25) is 9.59 Å². The van der Waals surface area contributed by atoms with Crippen molar-refractivity contribution in [2.45, 2.75) is 18.1 Å². The van der Waals surface area contributed by atoms with Gasteiger partial charge in [0.1, 0.15) is 17.4 Å². The third kappa shape index (κ3) is 5.04. The van der Waals surface area contributed by atoms with Gasteiger partial charge in [0.25, 0.3) is 5.56 Å². The average Bonchev–Trinajstić information content (AvgIpc) is 3.27. The number of amides is 1. The van der Waals surface area contributed by atoms with Crippen LogP contribution in [-0.2, 0) is 4.79 Å². The van der Waals surface area contributed by atoms with Gasteiger partial charge in [0.15, 0.2) is 5.16 Å². The zero-order valence-corrected chi connectivity index (χ0v) is 17.4. The highest BCUT2D eigenvalue weighted by molar-refractivity contribution is 7.99. The minimum atomic E-state index is -0.539. The monoisotopic (exact) mass is 426 g/mol. The average molecular weight is 427 g/mol. The molecule has 0 unspecified atom stereocenters. The number of aromatic amines is 1. The zero-order chi connectivity index (χ0) is 20.8. The van der Waals surface area contributed by atoms with Crippen LogP contribution in [0.4, 0.5) is 0 Å². The topological polar surface area (TPSA) is 108 Å². The highest BCUT2D eigenvalue weighted by Crippen LogP contribution is 2.24. The van der Waals surface area contributed by atoms with E-state index in [4.69, 9.17) is 4.74 Å². The molecule has 0 spiro atoms. The number of thiophene rings is 1. The van der Waals surface area contributed by atoms with Gasteiger partial charge in [-0.1, -0.05) is 17.8 Å². The van der Waals surface area contributed by atoms with Crippen molar-refractivity contribution in [3.63, 3.8) is 0 Å². The summed E-state index contributed by atoms with van der Waals surface area (Å²) in [4.78, 5) is 32.6. The van der Waals surface area contributed by atoms with Crippen LogP contribution in [0.1, 0.15) is 23.4 Å². The van der Waals surface area contributed by atoms with Crippen molar-refractivity contribution in [2.75, 3.05) is 12.9 Å². The predicted octanol–water partition coefficient (Wildman–Crippen LogP) is 3.35. The molecule has 0 saturated heterocycles. The number of H-pyrrole nitrogens is 1. The van der Waals surface area contributed by atoms with Crippen molar-refractivity contribution in [3.8, 4) is 23.1 Å². The third-order valence-electron chi connectivity index (χ3n) is 4.06. The summed E-state index contributed by atoms with van der Waals surface area (Å²) in [6.45, 7) is 1.91. The number of nitrogens with one attached hydrogen (secondary N) is 2. The lowest BCUT2D eigenvalue weighted by molar-refractivity contribution is -0.119. The summed E-state index contributed by atoms with van der Waals surface area (Å²) >= 11 is 2.68. The molecule has 0 saturated carbocycles. The second-order valence-electron chi connectivity index (χ2n) is 6.03. The summed E-state index contributed by atoms with van der Waals surface area (Å²) in [6, 6.07) is 12.6. The summed E-state index contributed by atoms with van der Waals surface area (Å²) in [5.41, 5.74) is 0.276. The van der Waals surface area contributed by atoms with Crippen LogP contribution in [0.2, 0.25) is 0 Å². The number of hydrogen-bond acceptors (Lipinski definition) is 7. The first-order valence-corrected chi connectivity index (χ1v) is 10.5. The number of nitrogens with zero attached hydrogens (tertiary/aromatic N) is 2. The maximum atomic E-state index is 12.3. The van der Waals surface area contributed by atoms with E-state index in [2.05, 4.69) is 15.3 Å². The Kier molecular flexibility index (Phi) is 6.69. The largest absolute Gasteiger partial charge is 0.497 e. The van der Waals surface area contributed by atoms with Gasteiger partial charge >= 0.3 is 0 Å². The fraction of sp³-hybridized carbons (Fsp3) is 0.200. The Morgan fingerprint density at radius 2 is 2.14 bits per heavy atom. The molecule has 148 valence electrons. The van der Waals surface area contributed by atoms with Gasteiger partial charge < -0.3 is 15.0 Å². The second-order valence-corrected chi connectivity index (χ2v) is 7.97. The molecular weight excluding hydrogens is 408 g/mol. The van der Waals surface area contributed by atoms with E-state index in [1.54, 1.807) is 42.7 Å². The van der Waals surface area contributed by atoms with Gasteiger partial charge in [-0.25, -0.2) is 4.98 Å². The number of aromatic nitrogens is 2. The van der Waals surface area contributed by atoms with Gasteiger partial charge in [0, 0.05) is 10.4 Å². The fourth-order valence-corrected chi connectivity index (χ4v) is 4.01. The molecule has 2 N–H and O–H groups in total. The highest BCUT2D eigenvalue weighted by atomic mass is 32.2. The maximum Gasteiger partial charge on any atom is 0.270 e. The first kappa shape index (κ1) is 20.6. The van der Waals surface area contributed by atoms with Crippen molar-refractivity contribution >= 4 is 29.0 Å². The number of nitriles is 1. The quantitative estimate of drug-likeness (QED) is 0.443. The fourth-order valence-electron chi connectivity index (χ4n) is 2.61. The minimum absolute atomic E-state index is 0.0738. The molecule has 3 aromatic rings. The van der Waals surface area contributed by atoms with E-state index in [9.17, 15) is 14.9 Å². The van der Waals surface area contributed by atoms with Gasteiger partial charge in [-0.05, 0) is 42.6 Å². The maximum absolute atomic E-state index is 12.3. The van der Waals surface area contributed by atoms with E-state index in [1.807, 2.05) is 30.5 Å². The zero-order valence-electron chi connectivity index (χ0n) is 15.8. The Bertz CT molecular complexity index is 1090. The molecule has 1 amide bonds. The Morgan fingerprint density at radius 1 is 1.38 bits per heavy atom. The van der Waals surface area contributed by atoms with Crippen molar-refractivity contribution in [3.05, 3.63) is 62.6 Å². The third-order valence-corrected chi connectivity index (χ3v) is 5.99. The molecule has 0 aliphatic heterocycles. The van der Waals surface area contributed by atoms with Crippen LogP contribution in [0.25, 0.3) is 11.3 Å². The molecule has 3 rings (SSSR count). The normalized spacial score (nSPS) is 11.5. The van der Waals surface area contributed by atoms with Crippen LogP contribution >= 0.6 is 23.1 Å². The lowest BCUT2D eigenvalue weighted by Gasteiger charge is -2.12. The van der Waals surface area contributed by atoms with E-state index < -0.39 is 5.56 Å². The molecule has 7 nitrogen and oxygen atoms in total. The standard InChI is InChI=1S/C20H18N4O3S2/c1-12(16-4-3-9-28-16)22-17(25)11-29-20-23-18(15(10-21)19(26)24-20)13-5-7-14(27-2)8-6-13/h3-9,12H,11H2,1-2H3,(H,22,25)(H,23,24,26)/t12-/m0/s1. The number of ether oxygens (including phenoxy) is 1. The molecule has 1 aromatic carbocycles. The summed E-state index contributed by atoms with van der Waals surface area (Å²) in [7, 11) is 1.56. The molecule has 29 heavy (non-hydrogen) atoms. The Balaban J connectivity index is 1.76. The number of carbonyl (C=O) groups is 1. The number of rotatable bonds is 7. The number of hydrogen-bond donors (Lipinski definition) is 2. The molecular formula is C20H18N4O3S2. The Labute approximate surface area is 175 Å². The number of carbonyl (C=O) groups excluding carboxylic acids is 1. The van der Waals surface area contributed by atoms with Crippen LogP contribution in [0.3, 0.4) is 0 Å². The minimum Gasteiger partial charge on any atom is -0.497 e. The van der Waals surface area contributed by atoms with Crippen LogP contribution < -0.4 is 15.6 Å². The molecule has 2 aromatic heterocycles. The van der Waals surface area contributed by atoms with Gasteiger partial charge in [-0.2, -0.15) is 5.26 Å². The van der Waals surface area contributed by atoms with Crippen LogP contribution in [0, 0.1) is 11.3 Å². The number of thioether (sulfide) groups is 1. The molecule has 0 radical (unpaired) electrons. The van der Waals surface area contributed by atoms with Gasteiger partial charge in [0.2, 0.25) is 5.91 Å². The van der Waals surface area contributed by atoms with E-state index in [0.29, 0.717) is 11.3 Å². The molecule has 9 heteroatoms. The van der Waals surface area contributed by atoms with Gasteiger partial charge in [-0.15, -0.1) is 11.3 Å². The molecule has 0 fully saturated rings. The SMILES string of the molecule is COc1ccc(-c2nc(SCC(=O)N[C@@H](C)c3cccs3)[nH]c(=O)c2C#N)cc1. The smallest absolute Gasteiger partial charge is 0.270 e. The second kappa shape index (κ2) is 9.41. The summed E-state index contributed by atoms with van der Waals surface area (Å²) in [6.07, 6.45) is 0. The van der Waals surface area contributed by atoms with Crippen molar-refractivity contribution in [1.82, 2.24) is 15.3 Å². The van der Waals surface area contributed by atoms with Crippen molar-refractivity contribution in [2.24, 2.45) is 0 Å². The Hall–Kier alpha value is -3.09. The summed E-state index contributed by atoms with van der Waals surface area (Å²) in [5, 5.41) is 14.5. The molecule has 1 atom stereocenters. The first-order valence-electron chi connectivity index (χ1n) is 8.66. The van der Waals surface area contributed by atoms with Crippen molar-refractivity contribution in [1.29, 1.82) is 5.26 Å².